The Labute approximate surface area is 233 Å². The normalized spacial score (nSPS) is 20.9. The van der Waals surface area contributed by atoms with E-state index in [4.69, 9.17) is 4.42 Å². The third-order valence-corrected chi connectivity index (χ3v) is 6.90. The first-order chi connectivity index (χ1) is 19.2. The number of carbonyl (C=O) groups is 4. The molecule has 11 heteroatoms. The Bertz CT molecular complexity index is 1330. The van der Waals surface area contributed by atoms with Crippen molar-refractivity contribution in [3.8, 4) is 0 Å². The van der Waals surface area contributed by atoms with Gasteiger partial charge in [0.15, 0.2) is 5.69 Å². The van der Waals surface area contributed by atoms with Gasteiger partial charge in [-0.15, -0.1) is 0 Å². The summed E-state index contributed by atoms with van der Waals surface area (Å²) in [6.07, 6.45) is 4.70. The zero-order valence-corrected chi connectivity index (χ0v) is 23.0. The minimum absolute atomic E-state index is 0.122. The number of benzene rings is 1. The molecule has 0 unspecified atom stereocenters. The molecule has 0 saturated heterocycles. The summed E-state index contributed by atoms with van der Waals surface area (Å²) in [6, 6.07) is 10.3. The lowest BCUT2D eigenvalue weighted by Gasteiger charge is -2.26. The Hall–Kier alpha value is -4.41. The fourth-order valence-electron chi connectivity index (χ4n) is 4.60. The summed E-state index contributed by atoms with van der Waals surface area (Å²) in [5, 5.41) is 11.5. The molecule has 3 aromatic rings. The van der Waals surface area contributed by atoms with Crippen molar-refractivity contribution in [1.29, 1.82) is 0 Å². The summed E-state index contributed by atoms with van der Waals surface area (Å²) < 4.78 is 7.26. The summed E-state index contributed by atoms with van der Waals surface area (Å²) in [4.78, 5) is 57.2. The van der Waals surface area contributed by atoms with Crippen LogP contribution in [0.4, 0.5) is 0 Å². The highest BCUT2D eigenvalue weighted by molar-refractivity contribution is 5.97. The molecule has 3 heterocycles. The molecule has 40 heavy (non-hydrogen) atoms. The molecule has 2 aromatic heterocycles. The lowest BCUT2D eigenvalue weighted by atomic mass is 10.0. The number of fused-ring (bicyclic) bond motifs is 2. The van der Waals surface area contributed by atoms with Gasteiger partial charge in [0.2, 0.25) is 17.7 Å². The molecule has 212 valence electrons. The van der Waals surface area contributed by atoms with E-state index in [1.807, 2.05) is 44.2 Å². The van der Waals surface area contributed by atoms with Crippen LogP contribution < -0.4 is 21.3 Å². The summed E-state index contributed by atoms with van der Waals surface area (Å²) in [5.74, 6) is -1.59. The van der Waals surface area contributed by atoms with Crippen molar-refractivity contribution in [3.63, 3.8) is 0 Å². The molecule has 0 spiro atoms. The van der Waals surface area contributed by atoms with Gasteiger partial charge in [-0.2, -0.15) is 0 Å². The first-order valence-corrected chi connectivity index (χ1v) is 13.5. The molecule has 4 N–H and O–H groups in total. The van der Waals surface area contributed by atoms with Gasteiger partial charge in [0.05, 0.1) is 0 Å². The molecule has 1 aliphatic heterocycles. The fourth-order valence-corrected chi connectivity index (χ4v) is 4.60. The Morgan fingerprint density at radius 2 is 1.85 bits per heavy atom. The van der Waals surface area contributed by atoms with Gasteiger partial charge in [0, 0.05) is 26.2 Å². The maximum atomic E-state index is 13.6. The topological polar surface area (TPSA) is 147 Å². The van der Waals surface area contributed by atoms with Crippen molar-refractivity contribution in [3.05, 3.63) is 77.8 Å². The summed E-state index contributed by atoms with van der Waals surface area (Å²) in [6.45, 7) is 4.16. The smallest absolute Gasteiger partial charge is 0.273 e. The molecule has 11 nitrogen and oxygen atoms in total. The molecule has 4 rings (SSSR count). The predicted molar refractivity (Wildman–Crippen MR) is 147 cm³/mol. The molecule has 0 saturated carbocycles. The molecular formula is C29H36N6O5. The van der Waals surface area contributed by atoms with Crippen LogP contribution >= 0.6 is 0 Å². The zero-order valence-electron chi connectivity index (χ0n) is 23.0. The van der Waals surface area contributed by atoms with Crippen LogP contribution in [0.25, 0.3) is 0 Å². The van der Waals surface area contributed by atoms with Gasteiger partial charge in [-0.3, -0.25) is 19.2 Å². The number of hydrogen-bond acceptors (Lipinski definition) is 6. The molecule has 1 aromatic carbocycles. The quantitative estimate of drug-likeness (QED) is 0.385. The van der Waals surface area contributed by atoms with Gasteiger partial charge < -0.3 is 30.3 Å². The maximum Gasteiger partial charge on any atom is 0.273 e. The van der Waals surface area contributed by atoms with Gasteiger partial charge in [-0.25, -0.2) is 4.98 Å². The van der Waals surface area contributed by atoms with E-state index in [0.717, 1.165) is 5.56 Å². The lowest BCUT2D eigenvalue weighted by molar-refractivity contribution is -0.130. The number of rotatable bonds is 5. The molecule has 1 aliphatic rings. The number of amides is 4. The van der Waals surface area contributed by atoms with Crippen LogP contribution in [-0.2, 0) is 23.1 Å². The van der Waals surface area contributed by atoms with Crippen molar-refractivity contribution >= 4 is 23.6 Å². The van der Waals surface area contributed by atoms with E-state index in [2.05, 4.69) is 26.3 Å². The first-order valence-electron chi connectivity index (χ1n) is 13.5. The van der Waals surface area contributed by atoms with Gasteiger partial charge in [0.1, 0.15) is 30.1 Å². The van der Waals surface area contributed by atoms with E-state index in [0.29, 0.717) is 31.5 Å². The van der Waals surface area contributed by atoms with Crippen molar-refractivity contribution < 1.29 is 23.6 Å². The Morgan fingerprint density at radius 3 is 2.55 bits per heavy atom. The van der Waals surface area contributed by atoms with Crippen molar-refractivity contribution in [2.24, 2.45) is 13.0 Å². The molecule has 2 bridgehead atoms. The average molecular weight is 549 g/mol. The van der Waals surface area contributed by atoms with Crippen molar-refractivity contribution in [1.82, 2.24) is 30.8 Å². The van der Waals surface area contributed by atoms with Crippen LogP contribution in [-0.4, -0.2) is 51.8 Å². The summed E-state index contributed by atoms with van der Waals surface area (Å²) in [7, 11) is 1.75. The van der Waals surface area contributed by atoms with E-state index < -0.39 is 35.8 Å². The van der Waals surface area contributed by atoms with E-state index in [-0.39, 0.29) is 29.8 Å². The number of hydrogen-bond donors (Lipinski definition) is 4. The van der Waals surface area contributed by atoms with Crippen LogP contribution in [0.3, 0.4) is 0 Å². The number of aromatic nitrogens is 2. The fraction of sp³-hybridized carbons (Fsp3) is 0.414. The number of nitrogens with one attached hydrogen (secondary N) is 4. The third-order valence-electron chi connectivity index (χ3n) is 6.90. The largest absolute Gasteiger partial charge is 0.446 e. The van der Waals surface area contributed by atoms with Crippen LogP contribution in [0, 0.1) is 5.92 Å². The average Bonchev–Trinajstić information content (AvgIpc) is 3.59. The van der Waals surface area contributed by atoms with E-state index >= 15 is 0 Å². The number of aryl methyl sites for hydroxylation is 1. The highest BCUT2D eigenvalue weighted by Crippen LogP contribution is 2.22. The van der Waals surface area contributed by atoms with E-state index in [1.54, 1.807) is 29.9 Å². The van der Waals surface area contributed by atoms with Gasteiger partial charge in [0.25, 0.3) is 11.8 Å². The molecule has 0 radical (unpaired) electrons. The minimum atomic E-state index is -0.934. The predicted octanol–water partition coefficient (Wildman–Crippen LogP) is 2.27. The van der Waals surface area contributed by atoms with Crippen molar-refractivity contribution in [2.75, 3.05) is 6.54 Å². The Kier molecular flexibility index (Phi) is 9.36. The molecule has 0 fully saturated rings. The highest BCUT2D eigenvalue weighted by Gasteiger charge is 2.31. The van der Waals surface area contributed by atoms with E-state index in [9.17, 15) is 19.2 Å². The van der Waals surface area contributed by atoms with Crippen LogP contribution in [0.15, 0.2) is 59.3 Å². The molecular weight excluding hydrogens is 512 g/mol. The third kappa shape index (κ3) is 7.16. The first kappa shape index (κ1) is 28.6. The maximum absolute atomic E-state index is 13.6. The van der Waals surface area contributed by atoms with Crippen molar-refractivity contribution in [2.45, 2.75) is 57.7 Å². The SMILES string of the molecule is CC(C)[C@@H]1NC(=O)[C@H](Cc2ccccc2)NC(=O)[C@@H](NC(=O)c2cccn2C)CCCCNC(=O)c2coc1n2. The Balaban J connectivity index is 1.63. The zero-order chi connectivity index (χ0) is 28.6. The lowest BCUT2D eigenvalue weighted by Crippen LogP contribution is -2.55. The van der Waals surface area contributed by atoms with Crippen LogP contribution in [0.1, 0.15) is 71.6 Å². The summed E-state index contributed by atoms with van der Waals surface area (Å²) >= 11 is 0. The molecule has 4 amide bonds. The molecule has 0 aliphatic carbocycles. The second kappa shape index (κ2) is 13.1. The molecule has 3 atom stereocenters. The second-order valence-electron chi connectivity index (χ2n) is 10.3. The monoisotopic (exact) mass is 548 g/mol. The Morgan fingerprint density at radius 1 is 1.07 bits per heavy atom. The van der Waals surface area contributed by atoms with Crippen LogP contribution in [0.5, 0.6) is 0 Å². The second-order valence-corrected chi connectivity index (χ2v) is 10.3. The van der Waals surface area contributed by atoms with Crippen LogP contribution in [0.2, 0.25) is 0 Å². The summed E-state index contributed by atoms with van der Waals surface area (Å²) in [5.41, 5.74) is 1.40. The minimum Gasteiger partial charge on any atom is -0.446 e. The number of oxazole rings is 1. The van der Waals surface area contributed by atoms with Gasteiger partial charge >= 0.3 is 0 Å². The highest BCUT2D eigenvalue weighted by atomic mass is 16.3. The number of nitrogens with zero attached hydrogens (tertiary/aromatic N) is 2. The standard InChI is InChI=1S/C29H36N6O5/c1-18(2)24-29-33-22(17-40-29)25(36)30-14-8-7-12-20(31-28(39)23-13-9-15-35(23)3)26(37)32-21(27(38)34-24)16-19-10-5-4-6-11-19/h4-6,9-11,13,15,17-18,20-21,24H,7-8,12,14,16H2,1-3H3,(H,30,36)(H,31,39)(H,32,37)(H,34,38)/t20-,21-,24-/m0/s1. The van der Waals surface area contributed by atoms with Gasteiger partial charge in [-0.1, -0.05) is 44.2 Å². The number of carbonyl (C=O) groups excluding carboxylic acids is 4. The van der Waals surface area contributed by atoms with Gasteiger partial charge in [-0.05, 0) is 42.9 Å². The van der Waals surface area contributed by atoms with E-state index in [1.165, 1.54) is 6.26 Å².